The summed E-state index contributed by atoms with van der Waals surface area (Å²) in [7, 11) is -1.73. The zero-order chi connectivity index (χ0) is 24.6. The first-order chi connectivity index (χ1) is 16.2. The molecule has 9 heteroatoms. The molecule has 8 nitrogen and oxygen atoms in total. The average molecular weight is 486 g/mol. The Bertz CT molecular complexity index is 1200. The van der Waals surface area contributed by atoms with Gasteiger partial charge >= 0.3 is 6.09 Å². The fourth-order valence-electron chi connectivity index (χ4n) is 3.04. The summed E-state index contributed by atoms with van der Waals surface area (Å²) in [6.07, 6.45) is 0.265. The monoisotopic (exact) mass is 485 g/mol. The Hall–Kier alpha value is -3.56. The molecule has 3 aromatic carbocycles. The molecule has 3 rings (SSSR count). The second kappa shape index (κ2) is 11.5. The van der Waals surface area contributed by atoms with Gasteiger partial charge in [0.2, 0.25) is 0 Å². The molecule has 0 aliphatic heterocycles. The average Bonchev–Trinajstić information content (AvgIpc) is 2.78. The van der Waals surface area contributed by atoms with E-state index in [1.807, 2.05) is 37.3 Å². The number of hydrogen-bond acceptors (Lipinski definition) is 7. The molecule has 0 aromatic heterocycles. The van der Waals surface area contributed by atoms with Gasteiger partial charge in [0, 0.05) is 31.6 Å². The van der Waals surface area contributed by atoms with Crippen LogP contribution in [0.2, 0.25) is 0 Å². The molecule has 0 aliphatic carbocycles. The van der Waals surface area contributed by atoms with Crippen LogP contribution in [-0.2, 0) is 25.9 Å². The largest absolute Gasteiger partial charge is 0.488 e. The number of carbonyl (C=O) groups is 1. The van der Waals surface area contributed by atoms with Gasteiger partial charge in [-0.1, -0.05) is 30.3 Å². The van der Waals surface area contributed by atoms with Crippen molar-refractivity contribution >= 4 is 21.6 Å². The fourth-order valence-corrected chi connectivity index (χ4v) is 3.67. The Morgan fingerprint density at radius 3 is 2.26 bits per heavy atom. The summed E-state index contributed by atoms with van der Waals surface area (Å²) in [6.45, 7) is 2.35. The van der Waals surface area contributed by atoms with Crippen LogP contribution in [0.3, 0.4) is 0 Å². The Morgan fingerprint density at radius 1 is 0.941 bits per heavy atom. The molecular formula is C25H27NO7S. The van der Waals surface area contributed by atoms with Gasteiger partial charge in [-0.3, -0.25) is 5.32 Å². The summed E-state index contributed by atoms with van der Waals surface area (Å²) in [5.41, 5.74) is 1.27. The van der Waals surface area contributed by atoms with Gasteiger partial charge < -0.3 is 18.9 Å². The van der Waals surface area contributed by atoms with Crippen LogP contribution in [0.15, 0.2) is 77.7 Å². The van der Waals surface area contributed by atoms with E-state index in [4.69, 9.17) is 18.9 Å². The minimum Gasteiger partial charge on any atom is -0.488 e. The molecule has 0 fully saturated rings. The maximum absolute atomic E-state index is 12.3. The van der Waals surface area contributed by atoms with E-state index in [9.17, 15) is 13.2 Å². The van der Waals surface area contributed by atoms with Crippen molar-refractivity contribution < 1.29 is 32.2 Å². The van der Waals surface area contributed by atoms with Gasteiger partial charge in [0.1, 0.15) is 30.0 Å². The number of anilines is 1. The van der Waals surface area contributed by atoms with Crippen LogP contribution in [0.25, 0.3) is 0 Å². The zero-order valence-electron chi connectivity index (χ0n) is 19.2. The van der Waals surface area contributed by atoms with Gasteiger partial charge in [0.15, 0.2) is 9.84 Å². The van der Waals surface area contributed by atoms with Crippen LogP contribution in [0, 0.1) is 0 Å². The lowest BCUT2D eigenvalue weighted by atomic mass is 10.2. The molecule has 0 saturated heterocycles. The van der Waals surface area contributed by atoms with E-state index in [0.29, 0.717) is 29.5 Å². The first-order valence-electron chi connectivity index (χ1n) is 10.5. The number of amides is 1. The topological polar surface area (TPSA) is 100 Å². The van der Waals surface area contributed by atoms with Crippen LogP contribution < -0.4 is 14.8 Å². The van der Waals surface area contributed by atoms with E-state index in [1.54, 1.807) is 37.4 Å². The van der Waals surface area contributed by atoms with Gasteiger partial charge in [-0.15, -0.1) is 0 Å². The molecule has 0 unspecified atom stereocenters. The van der Waals surface area contributed by atoms with Gasteiger partial charge in [-0.25, -0.2) is 13.2 Å². The summed E-state index contributed by atoms with van der Waals surface area (Å²) in [5.74, 6) is 1.26. The smallest absolute Gasteiger partial charge is 0.411 e. The molecule has 3 aromatic rings. The lowest BCUT2D eigenvalue weighted by Crippen LogP contribution is -2.18. The van der Waals surface area contributed by atoms with Crippen molar-refractivity contribution in [1.82, 2.24) is 0 Å². The maximum Gasteiger partial charge on any atom is 0.411 e. The number of sulfone groups is 1. The normalized spacial score (nSPS) is 12.0. The minimum absolute atomic E-state index is 0.129. The molecule has 0 aliphatic rings. The van der Waals surface area contributed by atoms with Crippen LogP contribution in [0.4, 0.5) is 10.5 Å². The number of benzene rings is 3. The molecule has 0 spiro atoms. The molecule has 34 heavy (non-hydrogen) atoms. The van der Waals surface area contributed by atoms with Crippen molar-refractivity contribution in [2.75, 3.05) is 25.3 Å². The summed E-state index contributed by atoms with van der Waals surface area (Å²) >= 11 is 0. The molecule has 1 atom stereocenters. The molecular weight excluding hydrogens is 458 g/mol. The third-order valence-corrected chi connectivity index (χ3v) is 5.69. The number of carbonyl (C=O) groups excluding carboxylic acids is 1. The third kappa shape index (κ3) is 7.79. The molecule has 0 heterocycles. The van der Waals surface area contributed by atoms with Crippen LogP contribution in [0.1, 0.15) is 12.5 Å². The highest BCUT2D eigenvalue weighted by atomic mass is 32.2. The second-order valence-corrected chi connectivity index (χ2v) is 9.63. The standard InChI is InChI=1S/C25H27NO7S/c1-18(16-30-2)32-22-13-20(26-25(27)31-17-19-7-5-4-6-8-19)14-23(15-22)33-21-9-11-24(12-10-21)34(3,28)29/h4-15,18H,16-17H2,1-3H3,(H,26,27)/t18-/m0/s1. The van der Waals surface area contributed by atoms with E-state index in [1.165, 1.54) is 12.1 Å². The van der Waals surface area contributed by atoms with E-state index in [0.717, 1.165) is 11.8 Å². The van der Waals surface area contributed by atoms with Gasteiger partial charge in [0.25, 0.3) is 0 Å². The van der Waals surface area contributed by atoms with Crippen molar-refractivity contribution in [1.29, 1.82) is 0 Å². The first kappa shape index (κ1) is 25.1. The highest BCUT2D eigenvalue weighted by Crippen LogP contribution is 2.31. The van der Waals surface area contributed by atoms with Crippen LogP contribution >= 0.6 is 0 Å². The first-order valence-corrected chi connectivity index (χ1v) is 12.4. The van der Waals surface area contributed by atoms with Crippen LogP contribution in [-0.4, -0.2) is 40.6 Å². The second-order valence-electron chi connectivity index (χ2n) is 7.61. The highest BCUT2D eigenvalue weighted by molar-refractivity contribution is 7.90. The highest BCUT2D eigenvalue weighted by Gasteiger charge is 2.12. The van der Waals surface area contributed by atoms with Crippen molar-refractivity contribution in [3.8, 4) is 17.2 Å². The minimum atomic E-state index is -3.31. The predicted octanol–water partition coefficient (Wildman–Crippen LogP) is 5.04. The number of hydrogen-bond donors (Lipinski definition) is 1. The summed E-state index contributed by atoms with van der Waals surface area (Å²) in [6, 6.07) is 20.3. The Labute approximate surface area is 199 Å². The number of nitrogens with one attached hydrogen (secondary N) is 1. The Kier molecular flexibility index (Phi) is 8.50. The Balaban J connectivity index is 1.76. The molecule has 1 N–H and O–H groups in total. The van der Waals surface area contributed by atoms with E-state index < -0.39 is 15.9 Å². The number of rotatable bonds is 10. The van der Waals surface area contributed by atoms with Gasteiger partial charge in [-0.05, 0) is 36.8 Å². The molecule has 0 bridgehead atoms. The quantitative estimate of drug-likeness (QED) is 0.429. The molecule has 0 saturated carbocycles. The predicted molar refractivity (Wildman–Crippen MR) is 128 cm³/mol. The maximum atomic E-state index is 12.3. The van der Waals surface area contributed by atoms with Crippen molar-refractivity contribution in [2.45, 2.75) is 24.5 Å². The lowest BCUT2D eigenvalue weighted by Gasteiger charge is -2.17. The number of ether oxygens (including phenoxy) is 4. The molecule has 1 amide bonds. The zero-order valence-corrected chi connectivity index (χ0v) is 20.0. The lowest BCUT2D eigenvalue weighted by molar-refractivity contribution is 0.0920. The molecule has 0 radical (unpaired) electrons. The van der Waals surface area contributed by atoms with E-state index in [2.05, 4.69) is 5.32 Å². The Morgan fingerprint density at radius 2 is 1.62 bits per heavy atom. The summed E-state index contributed by atoms with van der Waals surface area (Å²) < 4.78 is 45.5. The molecule has 180 valence electrons. The van der Waals surface area contributed by atoms with Crippen LogP contribution in [0.5, 0.6) is 17.2 Å². The van der Waals surface area contributed by atoms with Crippen molar-refractivity contribution in [3.63, 3.8) is 0 Å². The van der Waals surface area contributed by atoms with Gasteiger partial charge in [0.05, 0.1) is 17.2 Å². The van der Waals surface area contributed by atoms with Gasteiger partial charge in [-0.2, -0.15) is 0 Å². The van der Waals surface area contributed by atoms with E-state index >= 15 is 0 Å². The summed E-state index contributed by atoms with van der Waals surface area (Å²) in [4.78, 5) is 12.5. The number of methoxy groups -OCH3 is 1. The van der Waals surface area contributed by atoms with E-state index in [-0.39, 0.29) is 17.6 Å². The van der Waals surface area contributed by atoms with Crippen molar-refractivity contribution in [3.05, 3.63) is 78.4 Å². The SMILES string of the molecule is COC[C@H](C)Oc1cc(NC(=O)OCc2ccccc2)cc(Oc2ccc(S(C)(=O)=O)cc2)c1. The summed E-state index contributed by atoms with van der Waals surface area (Å²) in [5, 5.41) is 2.68. The van der Waals surface area contributed by atoms with Crippen molar-refractivity contribution in [2.24, 2.45) is 0 Å². The fraction of sp³-hybridized carbons (Fsp3) is 0.240. The third-order valence-electron chi connectivity index (χ3n) is 4.57.